The van der Waals surface area contributed by atoms with Gasteiger partial charge >= 0.3 is 0 Å². The summed E-state index contributed by atoms with van der Waals surface area (Å²) in [5, 5.41) is 7.70. The molecule has 9 heteroatoms. The van der Waals surface area contributed by atoms with E-state index >= 15 is 0 Å². The summed E-state index contributed by atoms with van der Waals surface area (Å²) in [5.41, 5.74) is 5.29. The van der Waals surface area contributed by atoms with Crippen molar-refractivity contribution >= 4 is 90.5 Å². The smallest absolute Gasteiger partial charge is 0.259 e. The van der Waals surface area contributed by atoms with E-state index in [1.165, 1.54) is 0 Å². The molecule has 0 radical (unpaired) electrons. The third kappa shape index (κ3) is 7.92. The Morgan fingerprint density at radius 3 is 2.35 bits per heavy atom. The Morgan fingerprint density at radius 1 is 1.06 bits per heavy atom. The summed E-state index contributed by atoms with van der Waals surface area (Å²) >= 11 is 13.8. The molecular weight excluding hydrogens is 707 g/mol. The Labute approximate surface area is 221 Å². The van der Waals surface area contributed by atoms with Crippen molar-refractivity contribution in [3.8, 4) is 5.75 Å². The van der Waals surface area contributed by atoms with E-state index in [2.05, 4.69) is 77.0 Å². The van der Waals surface area contributed by atoms with Gasteiger partial charge in [-0.05, 0) is 105 Å². The fraction of sp³-hybridized carbons (Fsp3) is 0.0909. The lowest BCUT2D eigenvalue weighted by molar-refractivity contribution is -0.119. The summed E-state index contributed by atoms with van der Waals surface area (Å²) in [4.78, 5) is 12.0. The first kappa shape index (κ1) is 24.3. The van der Waals surface area contributed by atoms with Crippen LogP contribution in [0.3, 0.4) is 0 Å². The van der Waals surface area contributed by atoms with Gasteiger partial charge in [0.1, 0.15) is 12.4 Å². The van der Waals surface area contributed by atoms with Gasteiger partial charge < -0.3 is 10.1 Å². The second kappa shape index (κ2) is 12.0. The van der Waals surface area contributed by atoms with Crippen molar-refractivity contribution in [2.75, 3.05) is 11.9 Å². The molecule has 0 atom stereocenters. The Hall–Kier alpha value is -1.37. The summed E-state index contributed by atoms with van der Waals surface area (Å²) in [6.07, 6.45) is 1.61. The number of nitrogens with zero attached hydrogens (tertiary/aromatic N) is 1. The van der Waals surface area contributed by atoms with Crippen LogP contribution in [-0.2, 0) is 11.4 Å². The first-order valence-corrected chi connectivity index (χ1v) is 12.4. The van der Waals surface area contributed by atoms with Crippen molar-refractivity contribution in [2.45, 2.75) is 6.61 Å². The summed E-state index contributed by atoms with van der Waals surface area (Å²) < 4.78 is 8.99. The largest absolute Gasteiger partial charge is 0.487 e. The normalized spacial score (nSPS) is 10.8. The first-order chi connectivity index (χ1) is 14.9. The lowest BCUT2D eigenvalue weighted by atomic mass is 10.2. The summed E-state index contributed by atoms with van der Waals surface area (Å²) in [5.74, 6) is 0.586. The van der Waals surface area contributed by atoms with Crippen molar-refractivity contribution in [1.29, 1.82) is 0 Å². The molecule has 3 aromatic carbocycles. The van der Waals surface area contributed by atoms with Crippen molar-refractivity contribution in [3.63, 3.8) is 0 Å². The second-order valence-corrected chi connectivity index (χ2v) is 10.1. The molecule has 0 unspecified atom stereocenters. The molecule has 3 rings (SSSR count). The minimum absolute atomic E-state index is 0.108. The molecule has 0 spiro atoms. The maximum absolute atomic E-state index is 12.0. The van der Waals surface area contributed by atoms with E-state index in [0.717, 1.165) is 34.2 Å². The highest BCUT2D eigenvalue weighted by Gasteiger charge is 2.09. The van der Waals surface area contributed by atoms with E-state index in [4.69, 9.17) is 16.3 Å². The number of carbonyl (C=O) groups excluding carboxylic acids is 1. The zero-order valence-corrected chi connectivity index (χ0v) is 22.7. The Balaban J connectivity index is 1.52. The van der Waals surface area contributed by atoms with Crippen LogP contribution < -0.4 is 15.5 Å². The van der Waals surface area contributed by atoms with Gasteiger partial charge in [0.25, 0.3) is 5.91 Å². The van der Waals surface area contributed by atoms with E-state index in [0.29, 0.717) is 11.6 Å². The fourth-order valence-electron chi connectivity index (χ4n) is 2.50. The number of carbonyl (C=O) groups is 1. The van der Waals surface area contributed by atoms with Crippen LogP contribution in [0.4, 0.5) is 5.69 Å². The standard InChI is InChI=1S/C22H17BrClI2N3O2/c23-16-3-1-14(2-4-16)13-31-22-19(25)9-15(10-20(22)26)11-28-29-21(30)12-27-18-7-5-17(24)6-8-18/h1-11,27H,12-13H2,(H,29,30)/b28-11-. The first-order valence-electron chi connectivity index (χ1n) is 9.08. The predicted molar refractivity (Wildman–Crippen MR) is 146 cm³/mol. The summed E-state index contributed by atoms with van der Waals surface area (Å²) in [7, 11) is 0. The van der Waals surface area contributed by atoms with E-state index in [9.17, 15) is 4.79 Å². The molecule has 0 aromatic heterocycles. The number of amides is 1. The van der Waals surface area contributed by atoms with E-state index < -0.39 is 0 Å². The molecule has 0 saturated carbocycles. The van der Waals surface area contributed by atoms with E-state index in [1.54, 1.807) is 18.3 Å². The van der Waals surface area contributed by atoms with Gasteiger partial charge in [-0.25, -0.2) is 5.43 Å². The van der Waals surface area contributed by atoms with Crippen LogP contribution >= 0.6 is 72.7 Å². The third-order valence-corrected chi connectivity index (χ3v) is 6.40. The van der Waals surface area contributed by atoms with Gasteiger partial charge in [-0.1, -0.05) is 39.7 Å². The van der Waals surface area contributed by atoms with Crippen LogP contribution in [0, 0.1) is 7.14 Å². The maximum atomic E-state index is 12.0. The van der Waals surface area contributed by atoms with Crippen LogP contribution in [0.1, 0.15) is 11.1 Å². The number of hydrogen-bond acceptors (Lipinski definition) is 4. The van der Waals surface area contributed by atoms with Gasteiger partial charge in [-0.3, -0.25) is 4.79 Å². The number of hydrazone groups is 1. The van der Waals surface area contributed by atoms with Gasteiger partial charge in [0.2, 0.25) is 0 Å². The number of hydrogen-bond donors (Lipinski definition) is 2. The zero-order valence-electron chi connectivity index (χ0n) is 16.0. The Bertz CT molecular complexity index is 1050. The van der Waals surface area contributed by atoms with Gasteiger partial charge in [-0.15, -0.1) is 0 Å². The highest BCUT2D eigenvalue weighted by molar-refractivity contribution is 14.1. The third-order valence-electron chi connectivity index (χ3n) is 4.02. The average molecular weight is 725 g/mol. The van der Waals surface area contributed by atoms with Crippen LogP contribution in [-0.4, -0.2) is 18.7 Å². The quantitative estimate of drug-likeness (QED) is 0.160. The van der Waals surface area contributed by atoms with Gasteiger partial charge in [-0.2, -0.15) is 5.10 Å². The molecule has 0 aliphatic rings. The lowest BCUT2D eigenvalue weighted by Crippen LogP contribution is -2.25. The Kier molecular flexibility index (Phi) is 9.42. The molecule has 1 amide bonds. The highest BCUT2D eigenvalue weighted by Crippen LogP contribution is 2.29. The minimum atomic E-state index is -0.245. The fourth-order valence-corrected chi connectivity index (χ4v) is 5.01. The maximum Gasteiger partial charge on any atom is 0.259 e. The number of anilines is 1. The molecule has 31 heavy (non-hydrogen) atoms. The molecule has 2 N–H and O–H groups in total. The van der Waals surface area contributed by atoms with Crippen LogP contribution in [0.5, 0.6) is 5.75 Å². The molecule has 0 saturated heterocycles. The summed E-state index contributed by atoms with van der Waals surface area (Å²) in [6.45, 7) is 0.597. The van der Waals surface area contributed by atoms with Gasteiger partial charge in [0.15, 0.2) is 0 Å². The molecule has 0 aliphatic heterocycles. The van der Waals surface area contributed by atoms with Crippen molar-refractivity contribution < 1.29 is 9.53 Å². The SMILES string of the molecule is O=C(CNc1ccc(Cl)cc1)N/N=C\c1cc(I)c(OCc2ccc(Br)cc2)c(I)c1. The zero-order chi connectivity index (χ0) is 22.2. The second-order valence-electron chi connectivity index (χ2n) is 6.38. The average Bonchev–Trinajstić information content (AvgIpc) is 2.74. The van der Waals surface area contributed by atoms with Crippen molar-refractivity contribution in [1.82, 2.24) is 5.43 Å². The molecule has 160 valence electrons. The molecular formula is C22H17BrClI2N3O2. The predicted octanol–water partition coefficient (Wildman–Crippen LogP) is 6.45. The number of rotatable bonds is 8. The summed E-state index contributed by atoms with van der Waals surface area (Å²) in [6, 6.07) is 19.1. The molecule has 5 nitrogen and oxygen atoms in total. The molecule has 0 bridgehead atoms. The Morgan fingerprint density at radius 2 is 1.71 bits per heavy atom. The molecule has 0 fully saturated rings. The van der Waals surface area contributed by atoms with Gasteiger partial charge in [0.05, 0.1) is 19.9 Å². The monoisotopic (exact) mass is 723 g/mol. The van der Waals surface area contributed by atoms with Crippen LogP contribution in [0.25, 0.3) is 0 Å². The number of benzene rings is 3. The number of ether oxygens (including phenoxy) is 1. The van der Waals surface area contributed by atoms with Crippen molar-refractivity contribution in [3.05, 3.63) is 88.4 Å². The number of halogens is 4. The highest BCUT2D eigenvalue weighted by atomic mass is 127. The van der Waals surface area contributed by atoms with Gasteiger partial charge in [0, 0.05) is 15.2 Å². The van der Waals surface area contributed by atoms with E-state index in [1.807, 2.05) is 48.5 Å². The van der Waals surface area contributed by atoms with Crippen molar-refractivity contribution in [2.24, 2.45) is 5.10 Å². The topological polar surface area (TPSA) is 62.7 Å². The van der Waals surface area contributed by atoms with E-state index in [-0.39, 0.29) is 12.5 Å². The molecule has 0 aliphatic carbocycles. The van der Waals surface area contributed by atoms with Crippen LogP contribution in [0.15, 0.2) is 70.2 Å². The molecule has 3 aromatic rings. The minimum Gasteiger partial charge on any atom is -0.487 e. The number of nitrogens with one attached hydrogen (secondary N) is 2. The van der Waals surface area contributed by atoms with Crippen LogP contribution in [0.2, 0.25) is 5.02 Å². The molecule has 0 heterocycles. The lowest BCUT2D eigenvalue weighted by Gasteiger charge is -2.11.